The number of nitrogens with zero attached hydrogens (tertiary/aromatic N) is 1. The van der Waals surface area contributed by atoms with Gasteiger partial charge in [-0.2, -0.15) is 0 Å². The number of oxime groups is 1. The largest absolute Gasteiger partial charge is 0.331 e. The molecular formula is C8H9NO2S. The molecule has 0 amide bonds. The molecule has 0 aromatic carbocycles. The van der Waals surface area contributed by atoms with Crippen LogP contribution >= 0.6 is 11.3 Å². The Morgan fingerprint density at radius 3 is 2.92 bits per heavy atom. The van der Waals surface area contributed by atoms with Gasteiger partial charge in [-0.15, -0.1) is 11.3 Å². The molecule has 1 aromatic heterocycles. The van der Waals surface area contributed by atoms with Crippen molar-refractivity contribution in [3.05, 3.63) is 21.9 Å². The summed E-state index contributed by atoms with van der Waals surface area (Å²) in [5, 5.41) is 3.49. The Kier molecular flexibility index (Phi) is 2.99. The highest BCUT2D eigenvalue weighted by molar-refractivity contribution is 7.13. The monoisotopic (exact) mass is 183 g/mol. The lowest BCUT2D eigenvalue weighted by molar-refractivity contribution is -0.140. The van der Waals surface area contributed by atoms with E-state index in [4.69, 9.17) is 0 Å². The van der Waals surface area contributed by atoms with Gasteiger partial charge < -0.3 is 4.84 Å². The molecule has 0 aliphatic heterocycles. The van der Waals surface area contributed by atoms with Gasteiger partial charge in [-0.25, -0.2) is 4.79 Å². The maximum atomic E-state index is 10.3. The lowest BCUT2D eigenvalue weighted by Crippen LogP contribution is -1.90. The minimum atomic E-state index is -0.403. The van der Waals surface area contributed by atoms with E-state index in [1.54, 1.807) is 11.3 Å². The summed E-state index contributed by atoms with van der Waals surface area (Å²) in [6.07, 6.45) is 1.53. The summed E-state index contributed by atoms with van der Waals surface area (Å²) >= 11 is 1.60. The Morgan fingerprint density at radius 1 is 1.67 bits per heavy atom. The molecule has 4 heteroatoms. The van der Waals surface area contributed by atoms with Crippen molar-refractivity contribution in [1.82, 2.24) is 0 Å². The third-order valence-electron chi connectivity index (χ3n) is 1.12. The van der Waals surface area contributed by atoms with Crippen molar-refractivity contribution in [2.75, 3.05) is 0 Å². The zero-order chi connectivity index (χ0) is 8.97. The van der Waals surface area contributed by atoms with E-state index in [9.17, 15) is 4.79 Å². The van der Waals surface area contributed by atoms with Crippen LogP contribution in [0.2, 0.25) is 0 Å². The second-order valence-electron chi connectivity index (χ2n) is 2.27. The quantitative estimate of drug-likeness (QED) is 0.399. The van der Waals surface area contributed by atoms with E-state index < -0.39 is 5.97 Å². The summed E-state index contributed by atoms with van der Waals surface area (Å²) in [5.41, 5.74) is 0. The maximum Gasteiger partial charge on any atom is 0.331 e. The molecule has 1 rings (SSSR count). The van der Waals surface area contributed by atoms with Crippen molar-refractivity contribution in [2.24, 2.45) is 5.16 Å². The molecular weight excluding hydrogens is 174 g/mol. The minimum absolute atomic E-state index is 0.403. The predicted molar refractivity (Wildman–Crippen MR) is 48.4 cm³/mol. The lowest BCUT2D eigenvalue weighted by Gasteiger charge is -1.86. The van der Waals surface area contributed by atoms with Gasteiger partial charge in [-0.3, -0.25) is 0 Å². The Labute approximate surface area is 74.7 Å². The SMILES string of the molecule is CC(=O)ON=Cc1ccc(C)s1. The summed E-state index contributed by atoms with van der Waals surface area (Å²) in [4.78, 5) is 16.9. The molecule has 0 aliphatic rings. The molecule has 0 saturated heterocycles. The first kappa shape index (κ1) is 8.93. The van der Waals surface area contributed by atoms with Crippen LogP contribution in [0, 0.1) is 6.92 Å². The molecule has 0 aliphatic carbocycles. The first-order valence-electron chi connectivity index (χ1n) is 3.46. The third-order valence-corrected chi connectivity index (χ3v) is 2.06. The summed E-state index contributed by atoms with van der Waals surface area (Å²) < 4.78 is 0. The summed E-state index contributed by atoms with van der Waals surface area (Å²) in [6, 6.07) is 3.91. The van der Waals surface area contributed by atoms with Crippen molar-refractivity contribution >= 4 is 23.5 Å². The van der Waals surface area contributed by atoms with E-state index in [0.29, 0.717) is 0 Å². The molecule has 64 valence electrons. The Hall–Kier alpha value is -1.16. The number of thiophene rings is 1. The van der Waals surface area contributed by atoms with Crippen LogP contribution in [0.1, 0.15) is 16.7 Å². The van der Waals surface area contributed by atoms with E-state index in [2.05, 4.69) is 9.99 Å². The normalized spacial score (nSPS) is 10.5. The van der Waals surface area contributed by atoms with Gasteiger partial charge in [0.2, 0.25) is 0 Å². The summed E-state index contributed by atoms with van der Waals surface area (Å²) in [6.45, 7) is 3.32. The summed E-state index contributed by atoms with van der Waals surface area (Å²) in [5.74, 6) is -0.403. The average molecular weight is 183 g/mol. The van der Waals surface area contributed by atoms with Gasteiger partial charge in [0.15, 0.2) is 0 Å². The van der Waals surface area contributed by atoms with E-state index in [1.165, 1.54) is 18.0 Å². The van der Waals surface area contributed by atoms with Crippen molar-refractivity contribution in [1.29, 1.82) is 0 Å². The van der Waals surface area contributed by atoms with Crippen molar-refractivity contribution in [3.8, 4) is 0 Å². The Balaban J connectivity index is 2.52. The number of aryl methyl sites for hydroxylation is 1. The molecule has 0 unspecified atom stereocenters. The fourth-order valence-electron chi connectivity index (χ4n) is 0.675. The second-order valence-corrected chi connectivity index (χ2v) is 3.59. The van der Waals surface area contributed by atoms with Crippen molar-refractivity contribution in [3.63, 3.8) is 0 Å². The first-order chi connectivity index (χ1) is 5.68. The van der Waals surface area contributed by atoms with Crippen LogP contribution < -0.4 is 0 Å². The number of hydrogen-bond donors (Lipinski definition) is 0. The fraction of sp³-hybridized carbons (Fsp3) is 0.250. The molecule has 1 aromatic rings. The smallest absolute Gasteiger partial charge is 0.319 e. The average Bonchev–Trinajstić information content (AvgIpc) is 2.35. The fourth-order valence-corrected chi connectivity index (χ4v) is 1.42. The zero-order valence-electron chi connectivity index (χ0n) is 6.90. The summed E-state index contributed by atoms with van der Waals surface area (Å²) in [7, 11) is 0. The zero-order valence-corrected chi connectivity index (χ0v) is 7.72. The number of carbonyl (C=O) groups excluding carboxylic acids is 1. The van der Waals surface area contributed by atoms with Gasteiger partial charge in [-0.05, 0) is 19.1 Å². The van der Waals surface area contributed by atoms with Gasteiger partial charge in [0.1, 0.15) is 0 Å². The highest BCUT2D eigenvalue weighted by Gasteiger charge is 1.92. The highest BCUT2D eigenvalue weighted by atomic mass is 32.1. The van der Waals surface area contributed by atoms with E-state index >= 15 is 0 Å². The van der Waals surface area contributed by atoms with Gasteiger partial charge in [0, 0.05) is 16.7 Å². The van der Waals surface area contributed by atoms with Gasteiger partial charge >= 0.3 is 5.97 Å². The predicted octanol–water partition coefficient (Wildman–Crippen LogP) is 1.95. The van der Waals surface area contributed by atoms with Crippen LogP contribution in [-0.2, 0) is 9.63 Å². The van der Waals surface area contributed by atoms with E-state index in [1.807, 2.05) is 19.1 Å². The van der Waals surface area contributed by atoms with Crippen LogP contribution in [0.3, 0.4) is 0 Å². The Bertz CT molecular complexity index is 304. The molecule has 3 nitrogen and oxygen atoms in total. The minimum Gasteiger partial charge on any atom is -0.319 e. The molecule has 0 bridgehead atoms. The first-order valence-corrected chi connectivity index (χ1v) is 4.27. The molecule has 12 heavy (non-hydrogen) atoms. The van der Waals surface area contributed by atoms with Gasteiger partial charge in [0.25, 0.3) is 0 Å². The molecule has 1 heterocycles. The molecule has 0 radical (unpaired) electrons. The van der Waals surface area contributed by atoms with Crippen molar-refractivity contribution < 1.29 is 9.63 Å². The molecule has 0 saturated carbocycles. The highest BCUT2D eigenvalue weighted by Crippen LogP contribution is 2.12. The maximum absolute atomic E-state index is 10.3. The molecule has 0 spiro atoms. The number of rotatable bonds is 2. The molecule has 0 N–H and O–H groups in total. The molecule has 0 atom stereocenters. The second kappa shape index (κ2) is 4.01. The lowest BCUT2D eigenvalue weighted by atomic mass is 10.4. The van der Waals surface area contributed by atoms with Crippen LogP contribution in [-0.4, -0.2) is 12.2 Å². The van der Waals surface area contributed by atoms with Crippen LogP contribution in [0.15, 0.2) is 17.3 Å². The van der Waals surface area contributed by atoms with Crippen molar-refractivity contribution in [2.45, 2.75) is 13.8 Å². The Morgan fingerprint density at radius 2 is 2.42 bits per heavy atom. The standard InChI is InChI=1S/C8H9NO2S/c1-6-3-4-8(12-6)5-9-11-7(2)10/h3-5H,1-2H3. The van der Waals surface area contributed by atoms with Gasteiger partial charge in [0.05, 0.1) is 6.21 Å². The van der Waals surface area contributed by atoms with Crippen LogP contribution in [0.25, 0.3) is 0 Å². The molecule has 0 fully saturated rings. The van der Waals surface area contributed by atoms with Crippen LogP contribution in [0.5, 0.6) is 0 Å². The topological polar surface area (TPSA) is 38.7 Å². The third kappa shape index (κ3) is 2.84. The van der Waals surface area contributed by atoms with E-state index in [-0.39, 0.29) is 0 Å². The van der Waals surface area contributed by atoms with Gasteiger partial charge in [-0.1, -0.05) is 5.16 Å². The van der Waals surface area contributed by atoms with Crippen LogP contribution in [0.4, 0.5) is 0 Å². The van der Waals surface area contributed by atoms with E-state index in [0.717, 1.165) is 4.88 Å². The number of hydrogen-bond acceptors (Lipinski definition) is 4. The number of carbonyl (C=O) groups is 1.